The van der Waals surface area contributed by atoms with Crippen molar-refractivity contribution in [1.82, 2.24) is 10.1 Å². The van der Waals surface area contributed by atoms with Crippen LogP contribution in [0.4, 0.5) is 0 Å². The highest BCUT2D eigenvalue weighted by atomic mass is 16.5. The maximum Gasteiger partial charge on any atom is 0.223 e. The summed E-state index contributed by atoms with van der Waals surface area (Å²) >= 11 is 0. The summed E-state index contributed by atoms with van der Waals surface area (Å²) in [5.74, 6) is 3.06. The molecule has 0 radical (unpaired) electrons. The van der Waals surface area contributed by atoms with E-state index in [4.69, 9.17) is 16.1 Å². The first kappa shape index (κ1) is 26.8. The van der Waals surface area contributed by atoms with E-state index in [9.17, 15) is 9.90 Å². The molecule has 6 rings (SSSR count). The monoisotopic (exact) mass is 531 g/mol. The van der Waals surface area contributed by atoms with Crippen LogP contribution in [0.15, 0.2) is 27.6 Å². The Labute approximate surface area is 233 Å². The third-order valence-electron chi connectivity index (χ3n) is 13.4. The van der Waals surface area contributed by atoms with Gasteiger partial charge < -0.3 is 9.63 Å². The van der Waals surface area contributed by atoms with E-state index in [2.05, 4.69) is 58.5 Å². The minimum atomic E-state index is -0.499. The number of rotatable bonds is 1. The van der Waals surface area contributed by atoms with Crippen LogP contribution in [0.3, 0.4) is 0 Å². The predicted molar refractivity (Wildman–Crippen MR) is 149 cm³/mol. The largest absolute Gasteiger partial charge is 0.523 e. The normalized spacial score (nSPS) is 46.8. The summed E-state index contributed by atoms with van der Waals surface area (Å²) in [6, 6.07) is 0. The van der Waals surface area contributed by atoms with Crippen LogP contribution in [0.5, 0.6) is 0 Å². The molecule has 5 aliphatic carbocycles. The molecule has 210 valence electrons. The van der Waals surface area contributed by atoms with Crippen LogP contribution < -0.4 is 0 Å². The van der Waals surface area contributed by atoms with E-state index in [0.717, 1.165) is 44.3 Å². The molecule has 39 heavy (non-hydrogen) atoms. The lowest BCUT2D eigenvalue weighted by molar-refractivity contribution is -0.165. The summed E-state index contributed by atoms with van der Waals surface area (Å²) in [5.41, 5.74) is 0.270. The van der Waals surface area contributed by atoms with Crippen LogP contribution in [-0.4, -0.2) is 21.0 Å². The van der Waals surface area contributed by atoms with E-state index in [1.807, 2.05) is 13.0 Å². The molecule has 3 saturated carbocycles. The molecule has 1 aromatic rings. The molecule has 5 aliphatic rings. The van der Waals surface area contributed by atoms with Crippen LogP contribution in [0.1, 0.15) is 105 Å². The Morgan fingerprint density at radius 3 is 2.44 bits per heavy atom. The van der Waals surface area contributed by atoms with Crippen LogP contribution in [0.2, 0.25) is 0 Å². The van der Waals surface area contributed by atoms with Crippen molar-refractivity contribution in [2.45, 2.75) is 106 Å². The Hall–Kier alpha value is -2.42. The van der Waals surface area contributed by atoms with Crippen LogP contribution in [0.25, 0.3) is 4.85 Å². The fraction of sp³-hybridized carbons (Fsp3) is 0.758. The molecule has 0 aliphatic heterocycles. The van der Waals surface area contributed by atoms with Crippen molar-refractivity contribution in [2.24, 2.45) is 51.2 Å². The zero-order valence-electron chi connectivity index (χ0n) is 25.0. The van der Waals surface area contributed by atoms with Gasteiger partial charge in [0.25, 0.3) is 0 Å². The van der Waals surface area contributed by atoms with Gasteiger partial charge in [0.05, 0.1) is 6.57 Å². The second-order valence-corrected chi connectivity index (χ2v) is 15.2. The molecule has 1 N–H and O–H groups in total. The smallest absolute Gasteiger partial charge is 0.223 e. The quantitative estimate of drug-likeness (QED) is 0.375. The Kier molecular flexibility index (Phi) is 5.55. The zero-order chi connectivity index (χ0) is 28.3. The number of aryl methyl sites for hydroxylation is 1. The fourth-order valence-corrected chi connectivity index (χ4v) is 11.0. The van der Waals surface area contributed by atoms with Crippen molar-refractivity contribution in [1.29, 1.82) is 0 Å². The maximum absolute atomic E-state index is 14.6. The third-order valence-corrected chi connectivity index (χ3v) is 13.4. The lowest BCUT2D eigenvalue weighted by Crippen LogP contribution is -2.66. The highest BCUT2D eigenvalue weighted by molar-refractivity contribution is 5.95. The molecule has 0 unspecified atom stereocenters. The number of carbonyl (C=O) groups is 1. The molecular formula is C33H45N3O3. The number of aliphatic hydroxyl groups is 1. The van der Waals surface area contributed by atoms with Crippen molar-refractivity contribution >= 4 is 5.78 Å². The van der Waals surface area contributed by atoms with E-state index in [-0.39, 0.29) is 51.0 Å². The topological polar surface area (TPSA) is 80.6 Å². The minimum absolute atomic E-state index is 0.0995. The summed E-state index contributed by atoms with van der Waals surface area (Å²) < 4.78 is 5.53. The van der Waals surface area contributed by atoms with Crippen LogP contribution in [-0.2, 0) is 10.2 Å². The van der Waals surface area contributed by atoms with Gasteiger partial charge in [0.2, 0.25) is 11.6 Å². The molecular weight excluding hydrogens is 486 g/mol. The average Bonchev–Trinajstić information content (AvgIpc) is 3.32. The highest BCUT2D eigenvalue weighted by Gasteiger charge is 2.71. The number of carbonyl (C=O) groups excluding carboxylic acids is 1. The summed E-state index contributed by atoms with van der Waals surface area (Å²) in [6.45, 7) is 25.7. The zero-order valence-corrected chi connectivity index (χ0v) is 25.0. The van der Waals surface area contributed by atoms with Crippen LogP contribution in [0, 0.1) is 64.7 Å². The Morgan fingerprint density at radius 2 is 1.79 bits per heavy atom. The van der Waals surface area contributed by atoms with E-state index in [1.165, 1.54) is 5.57 Å². The number of aromatic nitrogens is 2. The summed E-state index contributed by atoms with van der Waals surface area (Å²) in [5, 5.41) is 15.6. The van der Waals surface area contributed by atoms with Gasteiger partial charge in [-0.2, -0.15) is 4.98 Å². The number of fused-ring (bicyclic) bond motifs is 7. The molecule has 0 amide bonds. The number of ketones is 1. The Balaban J connectivity index is 1.53. The van der Waals surface area contributed by atoms with Gasteiger partial charge in [-0.3, -0.25) is 4.79 Å². The summed E-state index contributed by atoms with van der Waals surface area (Å²) in [6.07, 6.45) is 8.55. The van der Waals surface area contributed by atoms with E-state index >= 15 is 0 Å². The first-order chi connectivity index (χ1) is 18.2. The number of allylic oxidation sites excluding steroid dienone is 4. The first-order valence-corrected chi connectivity index (χ1v) is 15.0. The van der Waals surface area contributed by atoms with E-state index in [0.29, 0.717) is 29.8 Å². The number of nitrogens with zero attached hydrogens (tertiary/aromatic N) is 3. The van der Waals surface area contributed by atoms with Gasteiger partial charge in [-0.25, -0.2) is 4.85 Å². The standard InChI is InChI=1S/C33H45N3O3/c1-18-10-13-33(28-35-20(3)39-36-28)15-14-32(8)26(25(33)19(18)2)22(37)16-24-30(6)17-21(34-9)27(38)29(4,5)23(30)11-12-31(24,32)7/h16,18-19,23,25-26,38H,10-15,17H2,1-8H3/t18-,19+,23+,25+,26-,30+,31-,32-,33+/m1/s1. The van der Waals surface area contributed by atoms with Gasteiger partial charge in [0.15, 0.2) is 11.6 Å². The van der Waals surface area contributed by atoms with E-state index in [1.54, 1.807) is 0 Å². The van der Waals surface area contributed by atoms with E-state index < -0.39 is 5.41 Å². The molecule has 9 atom stereocenters. The summed E-state index contributed by atoms with van der Waals surface area (Å²) in [4.78, 5) is 23.2. The molecule has 0 spiro atoms. The molecule has 0 aromatic carbocycles. The molecule has 0 bridgehead atoms. The van der Waals surface area contributed by atoms with Crippen molar-refractivity contribution in [3.8, 4) is 0 Å². The summed E-state index contributed by atoms with van der Waals surface area (Å²) in [7, 11) is 0. The minimum Gasteiger partial charge on any atom is -0.523 e. The molecule has 1 aromatic heterocycles. The number of hydrogen-bond donors (Lipinski definition) is 1. The molecule has 3 fully saturated rings. The second kappa shape index (κ2) is 8.08. The molecule has 1 heterocycles. The molecule has 0 saturated heterocycles. The Morgan fingerprint density at radius 1 is 1.08 bits per heavy atom. The highest BCUT2D eigenvalue weighted by Crippen LogP contribution is 2.75. The lowest BCUT2D eigenvalue weighted by atomic mass is 9.33. The Bertz CT molecular complexity index is 1350. The lowest BCUT2D eigenvalue weighted by Gasteiger charge is -2.69. The van der Waals surface area contributed by atoms with Crippen molar-refractivity contribution < 1.29 is 14.4 Å². The van der Waals surface area contributed by atoms with Gasteiger partial charge in [-0.1, -0.05) is 59.2 Å². The van der Waals surface area contributed by atoms with Gasteiger partial charge in [-0.05, 0) is 90.9 Å². The van der Waals surface area contributed by atoms with Crippen molar-refractivity contribution in [3.05, 3.63) is 46.2 Å². The van der Waals surface area contributed by atoms with Gasteiger partial charge in [0, 0.05) is 23.7 Å². The van der Waals surface area contributed by atoms with Crippen molar-refractivity contribution in [3.63, 3.8) is 0 Å². The maximum atomic E-state index is 14.6. The van der Waals surface area contributed by atoms with Gasteiger partial charge in [-0.15, -0.1) is 0 Å². The SMILES string of the molecule is [C-]#[N+]C1=C(O)C(C)(C)[C@@H]2CC[C@]3(C)C(=CC(=O)[C@@H]4[C@@H]5[C@@H](C)[C@H](C)CC[C@]5(c5noc(C)n5)CC[C@]43C)[C@@]2(C)C1. The molecule has 6 heteroatoms. The van der Waals surface area contributed by atoms with Gasteiger partial charge >= 0.3 is 0 Å². The van der Waals surface area contributed by atoms with Crippen molar-refractivity contribution in [2.75, 3.05) is 0 Å². The first-order valence-electron chi connectivity index (χ1n) is 15.0. The number of aliphatic hydroxyl groups excluding tert-OH is 1. The third kappa shape index (κ3) is 3.11. The molecule has 6 nitrogen and oxygen atoms in total. The number of hydrogen-bond acceptors (Lipinski definition) is 5. The fourth-order valence-electron chi connectivity index (χ4n) is 11.0. The van der Waals surface area contributed by atoms with Gasteiger partial charge in [0.1, 0.15) is 5.76 Å². The second-order valence-electron chi connectivity index (χ2n) is 15.2. The average molecular weight is 532 g/mol. The van der Waals surface area contributed by atoms with Crippen LogP contribution >= 0.6 is 0 Å². The predicted octanol–water partition coefficient (Wildman–Crippen LogP) is 7.76.